The molecule has 0 saturated carbocycles. The molecule has 0 aliphatic rings. The van der Waals surface area contributed by atoms with Crippen LogP contribution in [0.1, 0.15) is 12.5 Å². The first kappa shape index (κ1) is 12.4. The van der Waals surface area contributed by atoms with E-state index >= 15 is 0 Å². The van der Waals surface area contributed by atoms with Gasteiger partial charge in [-0.05, 0) is 31.0 Å². The first-order chi connectivity index (χ1) is 8.70. The number of rotatable bonds is 4. The lowest BCUT2D eigenvalue weighted by Gasteiger charge is -2.10. The van der Waals surface area contributed by atoms with Crippen LogP contribution in [0.15, 0.2) is 30.6 Å². The summed E-state index contributed by atoms with van der Waals surface area (Å²) >= 11 is 0. The Morgan fingerprint density at radius 3 is 2.78 bits per heavy atom. The highest BCUT2D eigenvalue weighted by Gasteiger charge is 2.15. The van der Waals surface area contributed by atoms with Crippen molar-refractivity contribution in [3.63, 3.8) is 0 Å². The van der Waals surface area contributed by atoms with E-state index in [2.05, 4.69) is 9.97 Å². The van der Waals surface area contributed by atoms with E-state index in [1.54, 1.807) is 19.3 Å². The van der Waals surface area contributed by atoms with E-state index in [0.717, 1.165) is 16.6 Å². The van der Waals surface area contributed by atoms with Crippen LogP contribution in [0, 0.1) is 0 Å². The van der Waals surface area contributed by atoms with Gasteiger partial charge in [-0.25, -0.2) is 0 Å². The number of hydrogen-bond donors (Lipinski definition) is 1. The molecule has 2 aromatic rings. The molecule has 18 heavy (non-hydrogen) atoms. The molecule has 0 aliphatic carbocycles. The van der Waals surface area contributed by atoms with E-state index in [-0.39, 0.29) is 5.97 Å². The monoisotopic (exact) mass is 245 g/mol. The van der Waals surface area contributed by atoms with Gasteiger partial charge in [0.25, 0.3) is 0 Å². The summed E-state index contributed by atoms with van der Waals surface area (Å²) in [6.07, 6.45) is 3.72. The third-order valence-electron chi connectivity index (χ3n) is 2.58. The van der Waals surface area contributed by atoms with Crippen molar-refractivity contribution in [2.75, 3.05) is 6.61 Å². The number of carbonyl (C=O) groups excluding carboxylic acids is 1. The second kappa shape index (κ2) is 5.55. The largest absolute Gasteiger partial charge is 0.465 e. The van der Waals surface area contributed by atoms with Gasteiger partial charge in [0.2, 0.25) is 0 Å². The smallest absolute Gasteiger partial charge is 0.323 e. The molecule has 1 aromatic carbocycles. The van der Waals surface area contributed by atoms with Crippen LogP contribution in [0.25, 0.3) is 11.0 Å². The van der Waals surface area contributed by atoms with Gasteiger partial charge in [-0.3, -0.25) is 14.8 Å². The summed E-state index contributed by atoms with van der Waals surface area (Å²) in [5.74, 6) is -0.378. The van der Waals surface area contributed by atoms with E-state index in [0.29, 0.717) is 13.0 Å². The van der Waals surface area contributed by atoms with E-state index in [1.165, 1.54) is 0 Å². The van der Waals surface area contributed by atoms with E-state index in [1.807, 2.05) is 18.2 Å². The van der Waals surface area contributed by atoms with Crippen molar-refractivity contribution in [1.82, 2.24) is 9.97 Å². The Morgan fingerprint density at radius 1 is 1.33 bits per heavy atom. The summed E-state index contributed by atoms with van der Waals surface area (Å²) in [5.41, 5.74) is 8.34. The van der Waals surface area contributed by atoms with Crippen molar-refractivity contribution in [2.45, 2.75) is 19.4 Å². The third kappa shape index (κ3) is 2.81. The molecule has 0 amide bonds. The van der Waals surface area contributed by atoms with Crippen molar-refractivity contribution in [1.29, 1.82) is 0 Å². The van der Waals surface area contributed by atoms with Crippen LogP contribution in [-0.2, 0) is 16.0 Å². The van der Waals surface area contributed by atoms with Gasteiger partial charge < -0.3 is 10.5 Å². The Morgan fingerprint density at radius 2 is 2.06 bits per heavy atom. The Balaban J connectivity index is 2.14. The average molecular weight is 245 g/mol. The summed E-state index contributed by atoms with van der Waals surface area (Å²) < 4.78 is 4.87. The number of esters is 1. The molecule has 1 aromatic heterocycles. The minimum absolute atomic E-state index is 0.343. The molecule has 0 bridgehead atoms. The van der Waals surface area contributed by atoms with Crippen LogP contribution in [0.5, 0.6) is 0 Å². The number of benzene rings is 1. The van der Waals surface area contributed by atoms with Crippen molar-refractivity contribution < 1.29 is 9.53 Å². The van der Waals surface area contributed by atoms with Crippen molar-refractivity contribution >= 4 is 17.0 Å². The first-order valence-electron chi connectivity index (χ1n) is 5.82. The maximum atomic E-state index is 11.4. The lowest BCUT2D eigenvalue weighted by Crippen LogP contribution is -2.34. The average Bonchev–Trinajstić information content (AvgIpc) is 2.39. The molecule has 0 saturated heterocycles. The van der Waals surface area contributed by atoms with Crippen LogP contribution >= 0.6 is 0 Å². The number of hydrogen-bond acceptors (Lipinski definition) is 5. The van der Waals surface area contributed by atoms with Crippen LogP contribution < -0.4 is 5.73 Å². The molecule has 1 heterocycles. The van der Waals surface area contributed by atoms with Crippen LogP contribution in [0.3, 0.4) is 0 Å². The molecule has 0 spiro atoms. The highest BCUT2D eigenvalue weighted by molar-refractivity contribution is 5.77. The SMILES string of the molecule is CCOC(=O)C(N)Cc1ccc2nccnc2c1. The second-order valence-corrected chi connectivity index (χ2v) is 3.94. The Bertz CT molecular complexity index is 557. The van der Waals surface area contributed by atoms with Gasteiger partial charge in [-0.15, -0.1) is 0 Å². The van der Waals surface area contributed by atoms with Crippen molar-refractivity contribution in [3.05, 3.63) is 36.2 Å². The van der Waals surface area contributed by atoms with Crippen LogP contribution in [0.2, 0.25) is 0 Å². The third-order valence-corrected chi connectivity index (χ3v) is 2.58. The van der Waals surface area contributed by atoms with Crippen LogP contribution in [-0.4, -0.2) is 28.6 Å². The normalized spacial score (nSPS) is 12.3. The highest BCUT2D eigenvalue weighted by atomic mass is 16.5. The Labute approximate surface area is 105 Å². The molecule has 2 rings (SSSR count). The number of ether oxygens (including phenoxy) is 1. The number of fused-ring (bicyclic) bond motifs is 1. The molecule has 5 heteroatoms. The van der Waals surface area contributed by atoms with Gasteiger partial charge in [0.05, 0.1) is 17.6 Å². The first-order valence-corrected chi connectivity index (χ1v) is 5.82. The number of nitrogens with zero attached hydrogens (tertiary/aromatic N) is 2. The van der Waals surface area contributed by atoms with E-state index < -0.39 is 6.04 Å². The summed E-state index contributed by atoms with van der Waals surface area (Å²) in [4.78, 5) is 19.8. The topological polar surface area (TPSA) is 78.1 Å². The maximum Gasteiger partial charge on any atom is 0.323 e. The van der Waals surface area contributed by atoms with Gasteiger partial charge in [-0.1, -0.05) is 6.07 Å². The zero-order chi connectivity index (χ0) is 13.0. The molecule has 0 radical (unpaired) electrons. The predicted octanol–water partition coefficient (Wildman–Crippen LogP) is 1.06. The highest BCUT2D eigenvalue weighted by Crippen LogP contribution is 2.12. The fourth-order valence-electron chi connectivity index (χ4n) is 1.72. The minimum Gasteiger partial charge on any atom is -0.465 e. The molecule has 94 valence electrons. The molecule has 2 N–H and O–H groups in total. The number of carbonyl (C=O) groups is 1. The minimum atomic E-state index is -0.640. The summed E-state index contributed by atoms with van der Waals surface area (Å²) in [7, 11) is 0. The number of aromatic nitrogens is 2. The van der Waals surface area contributed by atoms with E-state index in [9.17, 15) is 4.79 Å². The van der Waals surface area contributed by atoms with Gasteiger partial charge in [0.1, 0.15) is 6.04 Å². The Hall–Kier alpha value is -2.01. The molecule has 1 unspecified atom stereocenters. The fraction of sp³-hybridized carbons (Fsp3) is 0.308. The standard InChI is InChI=1S/C13H15N3O2/c1-2-18-13(17)10(14)7-9-3-4-11-12(8-9)16-6-5-15-11/h3-6,8,10H,2,7,14H2,1H3. The second-order valence-electron chi connectivity index (χ2n) is 3.94. The zero-order valence-electron chi connectivity index (χ0n) is 10.2. The molecule has 0 aliphatic heterocycles. The van der Waals surface area contributed by atoms with Crippen molar-refractivity contribution in [2.24, 2.45) is 5.73 Å². The number of nitrogens with two attached hydrogens (primary N) is 1. The quantitative estimate of drug-likeness (QED) is 0.815. The summed E-state index contributed by atoms with van der Waals surface area (Å²) in [6.45, 7) is 2.10. The molecule has 5 nitrogen and oxygen atoms in total. The van der Waals surface area contributed by atoms with Gasteiger partial charge >= 0.3 is 5.97 Å². The maximum absolute atomic E-state index is 11.4. The summed E-state index contributed by atoms with van der Waals surface area (Å²) in [6, 6.07) is 5.02. The zero-order valence-corrected chi connectivity index (χ0v) is 10.2. The molecular formula is C13H15N3O2. The molecule has 1 atom stereocenters. The molecule has 0 fully saturated rings. The van der Waals surface area contributed by atoms with Crippen molar-refractivity contribution in [3.8, 4) is 0 Å². The van der Waals surface area contributed by atoms with Crippen LogP contribution in [0.4, 0.5) is 0 Å². The Kier molecular flexibility index (Phi) is 3.84. The lowest BCUT2D eigenvalue weighted by atomic mass is 10.1. The fourth-order valence-corrected chi connectivity index (χ4v) is 1.72. The van der Waals surface area contributed by atoms with E-state index in [4.69, 9.17) is 10.5 Å². The lowest BCUT2D eigenvalue weighted by molar-refractivity contribution is -0.144. The van der Waals surface area contributed by atoms with Gasteiger partial charge in [-0.2, -0.15) is 0 Å². The van der Waals surface area contributed by atoms with Gasteiger partial charge in [0, 0.05) is 12.4 Å². The summed E-state index contributed by atoms with van der Waals surface area (Å²) in [5, 5.41) is 0. The predicted molar refractivity (Wildman–Crippen MR) is 67.9 cm³/mol. The molecular weight excluding hydrogens is 230 g/mol. The van der Waals surface area contributed by atoms with Gasteiger partial charge in [0.15, 0.2) is 0 Å².